The second-order valence-electron chi connectivity index (χ2n) is 6.21. The highest BCUT2D eigenvalue weighted by atomic mass is 16.5. The van der Waals surface area contributed by atoms with Gasteiger partial charge in [0.15, 0.2) is 0 Å². The number of aliphatic hydroxyl groups is 1. The standard InChI is InChI=1S/C17H26N2O3/c20-17(5-9-21-10-6-17)14-18-13-15-1-3-16(4-2-15)19-7-11-22-12-8-19/h1-4,18,20H,5-14H2. The molecule has 2 N–H and O–H groups in total. The SMILES string of the molecule is OC1(CNCc2ccc(N3CCOCC3)cc2)CCOCC1. The van der Waals surface area contributed by atoms with E-state index in [1.165, 1.54) is 11.3 Å². The molecule has 1 aromatic carbocycles. The second-order valence-corrected chi connectivity index (χ2v) is 6.21. The first-order valence-corrected chi connectivity index (χ1v) is 8.18. The van der Waals surface area contributed by atoms with E-state index in [-0.39, 0.29) is 0 Å². The van der Waals surface area contributed by atoms with Gasteiger partial charge in [-0.15, -0.1) is 0 Å². The molecule has 5 nitrogen and oxygen atoms in total. The summed E-state index contributed by atoms with van der Waals surface area (Å²) in [5.41, 5.74) is 1.90. The Kier molecular flexibility index (Phi) is 5.31. The van der Waals surface area contributed by atoms with E-state index in [0.29, 0.717) is 19.8 Å². The van der Waals surface area contributed by atoms with Crippen LogP contribution in [0.1, 0.15) is 18.4 Å². The molecule has 0 aliphatic carbocycles. The minimum absolute atomic E-state index is 0.605. The smallest absolute Gasteiger partial charge is 0.0815 e. The summed E-state index contributed by atoms with van der Waals surface area (Å²) < 4.78 is 10.7. The number of rotatable bonds is 5. The van der Waals surface area contributed by atoms with Crippen molar-refractivity contribution in [2.75, 3.05) is 51.0 Å². The van der Waals surface area contributed by atoms with Gasteiger partial charge in [0.25, 0.3) is 0 Å². The predicted molar refractivity (Wildman–Crippen MR) is 86.2 cm³/mol. The normalized spacial score (nSPS) is 21.8. The van der Waals surface area contributed by atoms with Crippen LogP contribution in [0.4, 0.5) is 5.69 Å². The van der Waals surface area contributed by atoms with Gasteiger partial charge in [0.2, 0.25) is 0 Å². The molecule has 0 saturated carbocycles. The van der Waals surface area contributed by atoms with Gasteiger partial charge in [0, 0.05) is 57.9 Å². The van der Waals surface area contributed by atoms with Gasteiger partial charge >= 0.3 is 0 Å². The number of anilines is 1. The summed E-state index contributed by atoms with van der Waals surface area (Å²) in [5, 5.41) is 13.8. The highest BCUT2D eigenvalue weighted by molar-refractivity contribution is 5.47. The van der Waals surface area contributed by atoms with Crippen molar-refractivity contribution in [2.45, 2.75) is 25.0 Å². The quantitative estimate of drug-likeness (QED) is 0.855. The molecule has 0 radical (unpaired) electrons. The summed E-state index contributed by atoms with van der Waals surface area (Å²) in [6, 6.07) is 8.66. The zero-order chi connectivity index (χ0) is 15.3. The van der Waals surface area contributed by atoms with Crippen LogP contribution in [0.5, 0.6) is 0 Å². The van der Waals surface area contributed by atoms with Crippen LogP contribution < -0.4 is 10.2 Å². The van der Waals surface area contributed by atoms with Crippen molar-refractivity contribution in [2.24, 2.45) is 0 Å². The molecule has 2 saturated heterocycles. The third-order valence-corrected chi connectivity index (χ3v) is 4.52. The van der Waals surface area contributed by atoms with Crippen LogP contribution in [0.25, 0.3) is 0 Å². The number of ether oxygens (including phenoxy) is 2. The number of hydrogen-bond donors (Lipinski definition) is 2. The topological polar surface area (TPSA) is 54.0 Å². The van der Waals surface area contributed by atoms with Gasteiger partial charge in [-0.25, -0.2) is 0 Å². The number of nitrogens with zero attached hydrogens (tertiary/aromatic N) is 1. The molecule has 0 spiro atoms. The van der Waals surface area contributed by atoms with E-state index < -0.39 is 5.60 Å². The number of benzene rings is 1. The number of morpholine rings is 1. The van der Waals surface area contributed by atoms with Crippen molar-refractivity contribution in [1.82, 2.24) is 5.32 Å². The molecule has 2 heterocycles. The fourth-order valence-corrected chi connectivity index (χ4v) is 3.01. The zero-order valence-electron chi connectivity index (χ0n) is 13.1. The Morgan fingerprint density at radius 2 is 1.64 bits per heavy atom. The average Bonchev–Trinajstić information content (AvgIpc) is 2.57. The lowest BCUT2D eigenvalue weighted by molar-refractivity contribution is -0.0617. The fourth-order valence-electron chi connectivity index (χ4n) is 3.01. The van der Waals surface area contributed by atoms with Gasteiger partial charge in [-0.3, -0.25) is 0 Å². The molecule has 0 amide bonds. The summed E-state index contributed by atoms with van der Waals surface area (Å²) in [7, 11) is 0. The lowest BCUT2D eigenvalue weighted by Gasteiger charge is -2.32. The van der Waals surface area contributed by atoms with Crippen LogP contribution >= 0.6 is 0 Å². The van der Waals surface area contributed by atoms with E-state index in [0.717, 1.165) is 45.7 Å². The molecule has 0 bridgehead atoms. The molecular formula is C17H26N2O3. The molecule has 2 aliphatic rings. The molecule has 0 atom stereocenters. The van der Waals surface area contributed by atoms with Crippen LogP contribution in [-0.2, 0) is 16.0 Å². The third kappa shape index (κ3) is 4.20. The minimum atomic E-state index is -0.605. The van der Waals surface area contributed by atoms with Crippen LogP contribution in [0.2, 0.25) is 0 Å². The zero-order valence-corrected chi connectivity index (χ0v) is 13.1. The second kappa shape index (κ2) is 7.42. The molecular weight excluding hydrogens is 280 g/mol. The first kappa shape index (κ1) is 15.7. The van der Waals surface area contributed by atoms with Gasteiger partial charge in [0.05, 0.1) is 18.8 Å². The van der Waals surface area contributed by atoms with E-state index in [2.05, 4.69) is 34.5 Å². The Labute approximate surface area is 132 Å². The van der Waals surface area contributed by atoms with Crippen LogP contribution in [0.15, 0.2) is 24.3 Å². The Morgan fingerprint density at radius 1 is 1.00 bits per heavy atom. The molecule has 2 fully saturated rings. The van der Waals surface area contributed by atoms with Crippen molar-refractivity contribution < 1.29 is 14.6 Å². The Bertz CT molecular complexity index is 451. The maximum absolute atomic E-state index is 10.4. The molecule has 0 unspecified atom stereocenters. The summed E-state index contributed by atoms with van der Waals surface area (Å²) in [5.74, 6) is 0. The summed E-state index contributed by atoms with van der Waals surface area (Å²) in [4.78, 5) is 2.35. The highest BCUT2D eigenvalue weighted by Crippen LogP contribution is 2.20. The maximum Gasteiger partial charge on any atom is 0.0815 e. The van der Waals surface area contributed by atoms with Crippen molar-refractivity contribution in [3.63, 3.8) is 0 Å². The number of hydrogen-bond acceptors (Lipinski definition) is 5. The highest BCUT2D eigenvalue weighted by Gasteiger charge is 2.29. The average molecular weight is 306 g/mol. The van der Waals surface area contributed by atoms with E-state index in [9.17, 15) is 5.11 Å². The van der Waals surface area contributed by atoms with Gasteiger partial charge < -0.3 is 24.8 Å². The van der Waals surface area contributed by atoms with Crippen molar-refractivity contribution in [1.29, 1.82) is 0 Å². The maximum atomic E-state index is 10.4. The van der Waals surface area contributed by atoms with Crippen molar-refractivity contribution in [3.8, 4) is 0 Å². The molecule has 0 aromatic heterocycles. The Balaban J connectivity index is 1.46. The molecule has 3 rings (SSSR count). The lowest BCUT2D eigenvalue weighted by Crippen LogP contribution is -2.44. The third-order valence-electron chi connectivity index (χ3n) is 4.52. The largest absolute Gasteiger partial charge is 0.388 e. The lowest BCUT2D eigenvalue weighted by atomic mass is 9.94. The van der Waals surface area contributed by atoms with Crippen LogP contribution in [-0.4, -0.2) is 56.8 Å². The van der Waals surface area contributed by atoms with Gasteiger partial charge in [-0.1, -0.05) is 12.1 Å². The monoisotopic (exact) mass is 306 g/mol. The Hall–Kier alpha value is -1.14. The first-order valence-electron chi connectivity index (χ1n) is 8.18. The van der Waals surface area contributed by atoms with E-state index in [4.69, 9.17) is 9.47 Å². The van der Waals surface area contributed by atoms with Crippen LogP contribution in [0, 0.1) is 0 Å². The summed E-state index contributed by atoms with van der Waals surface area (Å²) in [6.45, 7) is 6.28. The van der Waals surface area contributed by atoms with Gasteiger partial charge in [0.1, 0.15) is 0 Å². The summed E-state index contributed by atoms with van der Waals surface area (Å²) in [6.07, 6.45) is 1.44. The van der Waals surface area contributed by atoms with E-state index in [1.807, 2.05) is 0 Å². The minimum Gasteiger partial charge on any atom is -0.388 e. The summed E-state index contributed by atoms with van der Waals surface area (Å²) >= 11 is 0. The predicted octanol–water partition coefficient (Wildman–Crippen LogP) is 1.15. The van der Waals surface area contributed by atoms with Crippen molar-refractivity contribution in [3.05, 3.63) is 29.8 Å². The number of nitrogens with one attached hydrogen (secondary N) is 1. The molecule has 22 heavy (non-hydrogen) atoms. The van der Waals surface area contributed by atoms with E-state index in [1.54, 1.807) is 0 Å². The van der Waals surface area contributed by atoms with Gasteiger partial charge in [-0.2, -0.15) is 0 Å². The van der Waals surface area contributed by atoms with Crippen LogP contribution in [0.3, 0.4) is 0 Å². The van der Waals surface area contributed by atoms with Gasteiger partial charge in [-0.05, 0) is 17.7 Å². The van der Waals surface area contributed by atoms with Crippen molar-refractivity contribution >= 4 is 5.69 Å². The molecule has 122 valence electrons. The van der Waals surface area contributed by atoms with E-state index >= 15 is 0 Å². The molecule has 5 heteroatoms. The molecule has 1 aromatic rings. The molecule has 2 aliphatic heterocycles. The fraction of sp³-hybridized carbons (Fsp3) is 0.647. The Morgan fingerprint density at radius 3 is 2.32 bits per heavy atom. The first-order chi connectivity index (χ1) is 10.8.